The first-order valence-electron chi connectivity index (χ1n) is 12.8. The number of nitrogens with zero attached hydrogens (tertiary/aromatic N) is 1. The van der Waals surface area contributed by atoms with Crippen LogP contribution in [0, 0.1) is 0 Å². The normalized spacial score (nSPS) is 12.8. The highest BCUT2D eigenvalue weighted by atomic mass is 15.1. The van der Waals surface area contributed by atoms with Crippen LogP contribution in [0.1, 0.15) is 155 Å². The van der Waals surface area contributed by atoms with Gasteiger partial charge in [0.15, 0.2) is 0 Å². The molecule has 0 radical (unpaired) electrons. The summed E-state index contributed by atoms with van der Waals surface area (Å²) in [7, 11) is 0. The number of aromatic nitrogens is 2. The van der Waals surface area contributed by atoms with Gasteiger partial charge in [-0.05, 0) is 26.7 Å². The summed E-state index contributed by atoms with van der Waals surface area (Å²) >= 11 is 0. The Bertz CT molecular complexity index is 449. The molecule has 0 aromatic carbocycles. The van der Waals surface area contributed by atoms with Gasteiger partial charge in [0.2, 0.25) is 0 Å². The van der Waals surface area contributed by atoms with E-state index in [9.17, 15) is 0 Å². The number of hydrogen-bond acceptors (Lipinski definition) is 0. The first-order valence-corrected chi connectivity index (χ1v) is 12.8. The van der Waals surface area contributed by atoms with E-state index in [0.717, 1.165) is 0 Å². The Morgan fingerprint density at radius 1 is 0.679 bits per heavy atom. The number of imidazole rings is 1. The molecule has 1 aromatic rings. The molecule has 0 fully saturated rings. The third-order valence-corrected chi connectivity index (χ3v) is 6.23. The molecule has 0 spiro atoms. The molecule has 0 aliphatic rings. The smallest absolute Gasteiger partial charge is 0.247 e. The number of aromatic amines is 1. The molecule has 1 aromatic heterocycles. The Kier molecular flexibility index (Phi) is 15.4. The van der Waals surface area contributed by atoms with Crippen molar-refractivity contribution in [2.45, 2.75) is 149 Å². The minimum absolute atomic E-state index is 0.553. The lowest BCUT2D eigenvalue weighted by Gasteiger charge is -2.14. The van der Waals surface area contributed by atoms with E-state index < -0.39 is 0 Å². The van der Waals surface area contributed by atoms with Crippen molar-refractivity contribution in [2.24, 2.45) is 0 Å². The Morgan fingerprint density at radius 2 is 1.18 bits per heavy atom. The van der Waals surface area contributed by atoms with Crippen LogP contribution in [0.15, 0.2) is 12.4 Å². The van der Waals surface area contributed by atoms with Gasteiger partial charge in [0, 0.05) is 0 Å². The second-order valence-corrected chi connectivity index (χ2v) is 9.22. The lowest BCUT2D eigenvalue weighted by molar-refractivity contribution is -0.723. The molecule has 1 atom stereocenters. The average molecular weight is 392 g/mol. The lowest BCUT2D eigenvalue weighted by atomic mass is 9.94. The molecule has 0 aliphatic carbocycles. The monoisotopic (exact) mass is 391 g/mol. The van der Waals surface area contributed by atoms with Gasteiger partial charge in [-0.1, -0.05) is 110 Å². The Labute approximate surface area is 176 Å². The summed E-state index contributed by atoms with van der Waals surface area (Å²) in [5.74, 6) is 2.16. The summed E-state index contributed by atoms with van der Waals surface area (Å²) in [4.78, 5) is 3.53. The van der Waals surface area contributed by atoms with Crippen LogP contribution in [0.5, 0.6) is 0 Å². The zero-order chi connectivity index (χ0) is 20.5. The minimum atomic E-state index is 0.553. The molecule has 1 heterocycles. The standard InChI is InChI=1S/C26H50N2/c1-5-7-8-9-10-11-12-13-14-15-16-17-18-19-21-25(20-6-2)26-27-22-23-28(26)24(3)4/h22-25H,5-21H2,1-4H3/p+1/t25-/m0/s1. The fourth-order valence-corrected chi connectivity index (χ4v) is 4.49. The zero-order valence-electron chi connectivity index (χ0n) is 19.8. The largest absolute Gasteiger partial charge is 0.257 e. The summed E-state index contributed by atoms with van der Waals surface area (Å²) in [6.07, 6.45) is 28.5. The van der Waals surface area contributed by atoms with E-state index in [2.05, 4.69) is 49.6 Å². The molecule has 164 valence electrons. The zero-order valence-corrected chi connectivity index (χ0v) is 19.8. The SMILES string of the molecule is CCCCCCCCCCCCCCCC[C@H](CCC)c1[nH]cc[n+]1C(C)C. The fraction of sp³-hybridized carbons (Fsp3) is 0.885. The molecule has 2 nitrogen and oxygen atoms in total. The average Bonchev–Trinajstić information content (AvgIpc) is 3.17. The maximum Gasteiger partial charge on any atom is 0.257 e. The molecule has 1 N–H and O–H groups in total. The van der Waals surface area contributed by atoms with Crippen molar-refractivity contribution in [3.63, 3.8) is 0 Å². The van der Waals surface area contributed by atoms with E-state index in [-0.39, 0.29) is 0 Å². The van der Waals surface area contributed by atoms with E-state index in [0.29, 0.717) is 12.0 Å². The number of hydrogen-bond donors (Lipinski definition) is 1. The van der Waals surface area contributed by atoms with Gasteiger partial charge in [0.1, 0.15) is 12.4 Å². The minimum Gasteiger partial charge on any atom is -0.247 e. The van der Waals surface area contributed by atoms with Gasteiger partial charge in [0.05, 0.1) is 12.0 Å². The summed E-state index contributed by atoms with van der Waals surface area (Å²) in [6, 6.07) is 0.553. The van der Waals surface area contributed by atoms with Gasteiger partial charge >= 0.3 is 0 Å². The third-order valence-electron chi connectivity index (χ3n) is 6.23. The van der Waals surface area contributed by atoms with Crippen molar-refractivity contribution >= 4 is 0 Å². The van der Waals surface area contributed by atoms with Gasteiger partial charge in [0.25, 0.3) is 5.82 Å². The maximum atomic E-state index is 3.53. The number of rotatable bonds is 19. The summed E-state index contributed by atoms with van der Waals surface area (Å²) in [5.41, 5.74) is 0. The number of unbranched alkanes of at least 4 members (excludes halogenated alkanes) is 13. The van der Waals surface area contributed by atoms with Gasteiger partial charge < -0.3 is 0 Å². The first kappa shape index (κ1) is 25.2. The molecule has 2 heteroatoms. The fourth-order valence-electron chi connectivity index (χ4n) is 4.49. The van der Waals surface area contributed by atoms with Crippen LogP contribution in [0.2, 0.25) is 0 Å². The lowest BCUT2D eigenvalue weighted by Crippen LogP contribution is -2.39. The van der Waals surface area contributed by atoms with Crippen LogP contribution in [0.4, 0.5) is 0 Å². The van der Waals surface area contributed by atoms with Gasteiger partial charge in [-0.2, -0.15) is 0 Å². The van der Waals surface area contributed by atoms with Crippen molar-refractivity contribution in [3.8, 4) is 0 Å². The van der Waals surface area contributed by atoms with Crippen LogP contribution < -0.4 is 4.57 Å². The van der Waals surface area contributed by atoms with Crippen LogP contribution in [-0.4, -0.2) is 4.98 Å². The Morgan fingerprint density at radius 3 is 1.64 bits per heavy atom. The molecule has 0 amide bonds. The van der Waals surface area contributed by atoms with Crippen LogP contribution >= 0.6 is 0 Å². The van der Waals surface area contributed by atoms with Crippen molar-refractivity contribution in [1.82, 2.24) is 4.98 Å². The quantitative estimate of drug-likeness (QED) is 0.180. The second-order valence-electron chi connectivity index (χ2n) is 9.22. The number of nitrogens with one attached hydrogen (secondary N) is 1. The molecule has 0 aliphatic heterocycles. The van der Waals surface area contributed by atoms with Crippen LogP contribution in [-0.2, 0) is 0 Å². The summed E-state index contributed by atoms with van der Waals surface area (Å²) in [5, 5.41) is 0. The molecule has 0 unspecified atom stereocenters. The Balaban J connectivity index is 2.02. The van der Waals surface area contributed by atoms with E-state index in [1.54, 1.807) is 0 Å². The Hall–Kier alpha value is -0.790. The predicted octanol–water partition coefficient (Wildman–Crippen LogP) is 8.64. The van der Waals surface area contributed by atoms with Crippen molar-refractivity contribution in [3.05, 3.63) is 18.2 Å². The van der Waals surface area contributed by atoms with Crippen molar-refractivity contribution in [2.75, 3.05) is 0 Å². The van der Waals surface area contributed by atoms with Crippen molar-refractivity contribution < 1.29 is 4.57 Å². The van der Waals surface area contributed by atoms with Crippen LogP contribution in [0.3, 0.4) is 0 Å². The molecular weight excluding hydrogens is 340 g/mol. The van der Waals surface area contributed by atoms with Gasteiger partial charge in [-0.25, -0.2) is 9.55 Å². The topological polar surface area (TPSA) is 19.7 Å². The van der Waals surface area contributed by atoms with Crippen molar-refractivity contribution in [1.29, 1.82) is 0 Å². The predicted molar refractivity (Wildman–Crippen MR) is 124 cm³/mol. The summed E-state index contributed by atoms with van der Waals surface area (Å²) in [6.45, 7) is 9.19. The van der Waals surface area contributed by atoms with Crippen LogP contribution in [0.25, 0.3) is 0 Å². The molecule has 0 saturated heterocycles. The highest BCUT2D eigenvalue weighted by Gasteiger charge is 2.23. The van der Waals surface area contributed by atoms with E-state index in [4.69, 9.17) is 0 Å². The number of H-pyrrole nitrogens is 1. The molecule has 0 bridgehead atoms. The third kappa shape index (κ3) is 11.3. The van der Waals surface area contributed by atoms with E-state index >= 15 is 0 Å². The van der Waals surface area contributed by atoms with E-state index in [1.807, 2.05) is 0 Å². The molecule has 0 saturated carbocycles. The highest BCUT2D eigenvalue weighted by molar-refractivity contribution is 4.90. The van der Waals surface area contributed by atoms with E-state index in [1.165, 1.54) is 115 Å². The molecule has 1 rings (SSSR count). The first-order chi connectivity index (χ1) is 13.7. The molecule has 28 heavy (non-hydrogen) atoms. The second kappa shape index (κ2) is 17.1. The highest BCUT2D eigenvalue weighted by Crippen LogP contribution is 2.25. The maximum absolute atomic E-state index is 3.53. The van der Waals surface area contributed by atoms with Gasteiger partial charge in [-0.15, -0.1) is 0 Å². The summed E-state index contributed by atoms with van der Waals surface area (Å²) < 4.78 is 2.43. The molecular formula is C26H51N2+. The van der Waals surface area contributed by atoms with Gasteiger partial charge in [-0.3, -0.25) is 0 Å².